The molecule has 127 valence electrons. The van der Waals surface area contributed by atoms with Crippen molar-refractivity contribution in [1.82, 2.24) is 0 Å². The Balaban J connectivity index is 4.06. The third-order valence-electron chi connectivity index (χ3n) is 4.85. The predicted octanol–water partition coefficient (Wildman–Crippen LogP) is 7.96. The van der Waals surface area contributed by atoms with Crippen LogP contribution in [-0.2, 0) is 0 Å². The average molecular weight is 296 g/mol. The summed E-state index contributed by atoms with van der Waals surface area (Å²) in [5.41, 5.74) is 0. The van der Waals surface area contributed by atoms with E-state index in [1.54, 1.807) is 0 Å². The smallest absolute Gasteiger partial charge is 0.0324 e. The standard InChI is InChI=1S/C21H43/c1-5-9-12-15-18-21(17-14-11-7-3)19-20(8-4)16-13-10-6-2/h19-21H,5-18H2,1-4H3. The molecule has 0 aromatic heterocycles. The first-order valence-electron chi connectivity index (χ1n) is 10.1. The van der Waals surface area contributed by atoms with Gasteiger partial charge < -0.3 is 0 Å². The van der Waals surface area contributed by atoms with Gasteiger partial charge in [-0.25, -0.2) is 0 Å². The number of hydrogen-bond donors (Lipinski definition) is 0. The van der Waals surface area contributed by atoms with Gasteiger partial charge in [-0.05, 0) is 18.3 Å². The van der Waals surface area contributed by atoms with Gasteiger partial charge in [0.25, 0.3) is 0 Å². The molecule has 21 heavy (non-hydrogen) atoms. The van der Waals surface area contributed by atoms with Crippen LogP contribution in [0.25, 0.3) is 0 Å². The van der Waals surface area contributed by atoms with Crippen molar-refractivity contribution in [3.63, 3.8) is 0 Å². The Hall–Kier alpha value is 0. The molecule has 0 aromatic carbocycles. The van der Waals surface area contributed by atoms with Crippen molar-refractivity contribution in [2.75, 3.05) is 0 Å². The Morgan fingerprint density at radius 3 is 1.43 bits per heavy atom. The molecule has 0 heteroatoms. The van der Waals surface area contributed by atoms with Gasteiger partial charge in [-0.3, -0.25) is 0 Å². The Bertz CT molecular complexity index is 184. The van der Waals surface area contributed by atoms with E-state index in [0.29, 0.717) is 0 Å². The van der Waals surface area contributed by atoms with Gasteiger partial charge in [0, 0.05) is 0 Å². The highest BCUT2D eigenvalue weighted by Crippen LogP contribution is 2.28. The predicted molar refractivity (Wildman–Crippen MR) is 98.6 cm³/mol. The molecule has 0 N–H and O–H groups in total. The van der Waals surface area contributed by atoms with Crippen LogP contribution in [0, 0.1) is 18.3 Å². The highest BCUT2D eigenvalue weighted by atomic mass is 14.2. The molecule has 0 heterocycles. The largest absolute Gasteiger partial charge is 0.0654 e. The molecule has 0 nitrogen and oxygen atoms in total. The van der Waals surface area contributed by atoms with Crippen LogP contribution in [0.15, 0.2) is 0 Å². The first-order valence-corrected chi connectivity index (χ1v) is 10.1. The Morgan fingerprint density at radius 1 is 0.524 bits per heavy atom. The summed E-state index contributed by atoms with van der Waals surface area (Å²) < 4.78 is 0. The molecule has 0 bridgehead atoms. The second-order valence-electron chi connectivity index (χ2n) is 6.96. The third-order valence-corrected chi connectivity index (χ3v) is 4.85. The minimum absolute atomic E-state index is 0.884. The Kier molecular flexibility index (Phi) is 16.4. The summed E-state index contributed by atoms with van der Waals surface area (Å²) in [6.45, 7) is 9.32. The van der Waals surface area contributed by atoms with E-state index in [4.69, 9.17) is 0 Å². The minimum atomic E-state index is 0.884. The van der Waals surface area contributed by atoms with E-state index < -0.39 is 0 Å². The number of hydrogen-bond acceptors (Lipinski definition) is 0. The summed E-state index contributed by atoms with van der Waals surface area (Å²) in [5.74, 6) is 1.79. The molecule has 0 saturated heterocycles. The van der Waals surface area contributed by atoms with Crippen molar-refractivity contribution in [2.45, 2.75) is 118 Å². The molecule has 0 spiro atoms. The van der Waals surface area contributed by atoms with E-state index in [1.165, 1.54) is 89.9 Å². The summed E-state index contributed by atoms with van der Waals surface area (Å²) in [5, 5.41) is 0. The molecule has 0 saturated carbocycles. The molecule has 2 atom stereocenters. The van der Waals surface area contributed by atoms with Crippen LogP contribution in [0.4, 0.5) is 0 Å². The lowest BCUT2D eigenvalue weighted by molar-refractivity contribution is 0.383. The SMILES string of the molecule is CCCCCCC([CH]C(CC)CCCCC)CCCCC. The van der Waals surface area contributed by atoms with Crippen LogP contribution in [-0.4, -0.2) is 0 Å². The molecular weight excluding hydrogens is 252 g/mol. The van der Waals surface area contributed by atoms with Crippen LogP contribution in [0.5, 0.6) is 0 Å². The van der Waals surface area contributed by atoms with Crippen LogP contribution in [0.2, 0.25) is 0 Å². The van der Waals surface area contributed by atoms with Crippen molar-refractivity contribution in [1.29, 1.82) is 0 Å². The van der Waals surface area contributed by atoms with Crippen molar-refractivity contribution in [2.24, 2.45) is 11.8 Å². The van der Waals surface area contributed by atoms with Crippen molar-refractivity contribution < 1.29 is 0 Å². The van der Waals surface area contributed by atoms with Crippen LogP contribution in [0.3, 0.4) is 0 Å². The van der Waals surface area contributed by atoms with Gasteiger partial charge in [0.2, 0.25) is 0 Å². The van der Waals surface area contributed by atoms with Crippen LogP contribution < -0.4 is 0 Å². The molecule has 0 fully saturated rings. The van der Waals surface area contributed by atoms with E-state index in [9.17, 15) is 0 Å². The molecular formula is C21H43. The lowest BCUT2D eigenvalue weighted by Crippen LogP contribution is -2.10. The molecule has 0 aliphatic rings. The van der Waals surface area contributed by atoms with Gasteiger partial charge in [-0.1, -0.05) is 118 Å². The molecule has 0 aliphatic heterocycles. The monoisotopic (exact) mass is 295 g/mol. The van der Waals surface area contributed by atoms with E-state index in [0.717, 1.165) is 11.8 Å². The summed E-state index contributed by atoms with van der Waals surface area (Å²) in [6.07, 6.45) is 22.6. The van der Waals surface area contributed by atoms with Crippen LogP contribution in [0.1, 0.15) is 118 Å². The maximum absolute atomic E-state index is 2.76. The first kappa shape index (κ1) is 21.0. The maximum atomic E-state index is 2.76. The molecule has 0 aromatic rings. The summed E-state index contributed by atoms with van der Waals surface area (Å²) >= 11 is 0. The lowest BCUT2D eigenvalue weighted by atomic mass is 9.83. The van der Waals surface area contributed by atoms with E-state index >= 15 is 0 Å². The normalized spacial score (nSPS) is 14.3. The molecule has 0 aliphatic carbocycles. The minimum Gasteiger partial charge on any atom is -0.0654 e. The quantitative estimate of drug-likeness (QED) is 0.253. The van der Waals surface area contributed by atoms with Crippen molar-refractivity contribution in [3.05, 3.63) is 6.42 Å². The zero-order valence-electron chi connectivity index (χ0n) is 15.6. The second kappa shape index (κ2) is 16.4. The number of rotatable bonds is 16. The highest BCUT2D eigenvalue weighted by Gasteiger charge is 2.15. The lowest BCUT2D eigenvalue weighted by Gasteiger charge is -2.23. The van der Waals surface area contributed by atoms with Crippen molar-refractivity contribution >= 4 is 0 Å². The second-order valence-corrected chi connectivity index (χ2v) is 6.96. The summed E-state index contributed by atoms with van der Waals surface area (Å²) in [7, 11) is 0. The molecule has 1 radical (unpaired) electrons. The van der Waals surface area contributed by atoms with Gasteiger partial charge in [0.05, 0.1) is 0 Å². The maximum Gasteiger partial charge on any atom is -0.0324 e. The number of unbranched alkanes of at least 4 members (excludes halogenated alkanes) is 7. The zero-order chi connectivity index (χ0) is 15.8. The zero-order valence-corrected chi connectivity index (χ0v) is 15.6. The van der Waals surface area contributed by atoms with E-state index in [1.807, 2.05) is 0 Å². The third kappa shape index (κ3) is 13.4. The highest BCUT2D eigenvalue weighted by molar-refractivity contribution is 4.83. The van der Waals surface area contributed by atoms with Crippen LogP contribution >= 0.6 is 0 Å². The molecule has 0 rings (SSSR count). The Labute approximate surface area is 136 Å². The average Bonchev–Trinajstić information content (AvgIpc) is 2.50. The fourth-order valence-electron chi connectivity index (χ4n) is 3.30. The summed E-state index contributed by atoms with van der Waals surface area (Å²) in [4.78, 5) is 0. The fourth-order valence-corrected chi connectivity index (χ4v) is 3.30. The first-order chi connectivity index (χ1) is 10.3. The van der Waals surface area contributed by atoms with E-state index in [-0.39, 0.29) is 0 Å². The van der Waals surface area contributed by atoms with E-state index in [2.05, 4.69) is 34.1 Å². The van der Waals surface area contributed by atoms with Gasteiger partial charge in [-0.2, -0.15) is 0 Å². The van der Waals surface area contributed by atoms with Gasteiger partial charge in [0.15, 0.2) is 0 Å². The Morgan fingerprint density at radius 2 is 0.952 bits per heavy atom. The van der Waals surface area contributed by atoms with Gasteiger partial charge in [-0.15, -0.1) is 0 Å². The van der Waals surface area contributed by atoms with Crippen molar-refractivity contribution in [3.8, 4) is 0 Å². The topological polar surface area (TPSA) is 0 Å². The van der Waals surface area contributed by atoms with Gasteiger partial charge in [0.1, 0.15) is 0 Å². The molecule has 0 amide bonds. The fraction of sp³-hybridized carbons (Fsp3) is 0.952. The summed E-state index contributed by atoms with van der Waals surface area (Å²) in [6, 6.07) is 0. The molecule has 2 unspecified atom stereocenters. The van der Waals surface area contributed by atoms with Gasteiger partial charge >= 0.3 is 0 Å².